The predicted molar refractivity (Wildman–Crippen MR) is 77.9 cm³/mol. The molecule has 2 N–H and O–H groups in total. The van der Waals surface area contributed by atoms with Crippen LogP contribution in [0.1, 0.15) is 30.1 Å². The highest BCUT2D eigenvalue weighted by Gasteiger charge is 2.30. The van der Waals surface area contributed by atoms with E-state index in [9.17, 15) is 0 Å². The highest BCUT2D eigenvalue weighted by atomic mass is 16.5. The van der Waals surface area contributed by atoms with Crippen LogP contribution in [-0.2, 0) is 11.8 Å². The molecule has 2 rings (SSSR count). The van der Waals surface area contributed by atoms with E-state index in [1.807, 2.05) is 14.0 Å². The standard InChI is InChI=1S/C14H26N4O2/c1-10-13(14(20-4)17(2)16-10)12(9-15)18-7-5-11(19-3)6-8-18/h11-12H,5-9,15H2,1-4H3. The minimum absolute atomic E-state index is 0.163. The van der Waals surface area contributed by atoms with Gasteiger partial charge in [-0.3, -0.25) is 4.90 Å². The molecule has 1 fully saturated rings. The van der Waals surface area contributed by atoms with Gasteiger partial charge in [-0.1, -0.05) is 0 Å². The molecule has 1 aromatic rings. The normalized spacial score (nSPS) is 19.2. The lowest BCUT2D eigenvalue weighted by Gasteiger charge is -2.36. The van der Waals surface area contributed by atoms with E-state index < -0.39 is 0 Å². The third-order valence-corrected chi connectivity index (χ3v) is 4.21. The lowest BCUT2D eigenvalue weighted by atomic mass is 10.0. The van der Waals surface area contributed by atoms with Crippen LogP contribution in [0.15, 0.2) is 0 Å². The van der Waals surface area contributed by atoms with Crippen molar-refractivity contribution in [3.05, 3.63) is 11.3 Å². The molecule has 6 nitrogen and oxygen atoms in total. The van der Waals surface area contributed by atoms with Gasteiger partial charge in [0.2, 0.25) is 5.88 Å². The van der Waals surface area contributed by atoms with Crippen molar-refractivity contribution in [3.63, 3.8) is 0 Å². The summed E-state index contributed by atoms with van der Waals surface area (Å²) in [7, 11) is 5.37. The van der Waals surface area contributed by atoms with E-state index in [2.05, 4.69) is 10.00 Å². The van der Waals surface area contributed by atoms with Crippen molar-refractivity contribution < 1.29 is 9.47 Å². The minimum Gasteiger partial charge on any atom is -0.481 e. The van der Waals surface area contributed by atoms with Crippen LogP contribution in [0.5, 0.6) is 5.88 Å². The Balaban J connectivity index is 2.21. The van der Waals surface area contributed by atoms with Crippen molar-refractivity contribution in [2.24, 2.45) is 12.8 Å². The molecular weight excluding hydrogens is 256 g/mol. The van der Waals surface area contributed by atoms with E-state index >= 15 is 0 Å². The molecule has 0 amide bonds. The molecule has 0 spiro atoms. The molecule has 1 atom stereocenters. The van der Waals surface area contributed by atoms with Gasteiger partial charge in [0.1, 0.15) is 0 Å². The van der Waals surface area contributed by atoms with E-state index in [0.29, 0.717) is 12.6 Å². The van der Waals surface area contributed by atoms with Gasteiger partial charge in [0, 0.05) is 33.8 Å². The number of aromatic nitrogens is 2. The third kappa shape index (κ3) is 2.82. The fourth-order valence-electron chi connectivity index (χ4n) is 3.15. The fourth-order valence-corrected chi connectivity index (χ4v) is 3.15. The molecule has 0 aromatic carbocycles. The molecular formula is C14H26N4O2. The molecule has 20 heavy (non-hydrogen) atoms. The molecule has 2 heterocycles. The quantitative estimate of drug-likeness (QED) is 0.867. The summed E-state index contributed by atoms with van der Waals surface area (Å²) >= 11 is 0. The smallest absolute Gasteiger partial charge is 0.216 e. The van der Waals surface area contributed by atoms with E-state index in [4.69, 9.17) is 15.2 Å². The Morgan fingerprint density at radius 2 is 2.00 bits per heavy atom. The molecule has 1 aromatic heterocycles. The van der Waals surface area contributed by atoms with Gasteiger partial charge < -0.3 is 15.2 Å². The maximum atomic E-state index is 6.04. The van der Waals surface area contributed by atoms with Crippen LogP contribution in [0.3, 0.4) is 0 Å². The number of rotatable bonds is 5. The highest BCUT2D eigenvalue weighted by Crippen LogP contribution is 2.33. The van der Waals surface area contributed by atoms with Gasteiger partial charge in [-0.05, 0) is 19.8 Å². The van der Waals surface area contributed by atoms with Crippen LogP contribution in [0.25, 0.3) is 0 Å². The number of nitrogens with two attached hydrogens (primary N) is 1. The molecule has 1 unspecified atom stereocenters. The van der Waals surface area contributed by atoms with E-state index in [0.717, 1.165) is 43.1 Å². The highest BCUT2D eigenvalue weighted by molar-refractivity contribution is 5.34. The Kier molecular flexibility index (Phi) is 5.01. The van der Waals surface area contributed by atoms with Crippen molar-refractivity contribution in [3.8, 4) is 5.88 Å². The number of hydrogen-bond acceptors (Lipinski definition) is 5. The van der Waals surface area contributed by atoms with E-state index in [1.165, 1.54) is 0 Å². The van der Waals surface area contributed by atoms with Crippen molar-refractivity contribution in [1.82, 2.24) is 14.7 Å². The SMILES string of the molecule is COc1c(C(CN)N2CCC(OC)CC2)c(C)nn1C. The molecule has 1 saturated heterocycles. The third-order valence-electron chi connectivity index (χ3n) is 4.21. The molecule has 0 aliphatic carbocycles. The van der Waals surface area contributed by atoms with Crippen LogP contribution in [0, 0.1) is 6.92 Å². The summed E-state index contributed by atoms with van der Waals surface area (Å²) in [4.78, 5) is 2.42. The van der Waals surface area contributed by atoms with Crippen molar-refractivity contribution >= 4 is 0 Å². The van der Waals surface area contributed by atoms with Gasteiger partial charge in [0.25, 0.3) is 0 Å². The maximum absolute atomic E-state index is 6.04. The van der Waals surface area contributed by atoms with E-state index in [-0.39, 0.29) is 6.04 Å². The van der Waals surface area contributed by atoms with Crippen LogP contribution in [0.2, 0.25) is 0 Å². The first-order valence-corrected chi connectivity index (χ1v) is 7.16. The van der Waals surface area contributed by atoms with Gasteiger partial charge in [-0.15, -0.1) is 0 Å². The summed E-state index contributed by atoms with van der Waals surface area (Å²) in [6.07, 6.45) is 2.48. The number of aryl methyl sites for hydroxylation is 2. The second-order valence-corrected chi connectivity index (χ2v) is 5.35. The number of hydrogen-bond donors (Lipinski definition) is 1. The zero-order chi connectivity index (χ0) is 14.7. The van der Waals surface area contributed by atoms with Crippen molar-refractivity contribution in [1.29, 1.82) is 0 Å². The van der Waals surface area contributed by atoms with Gasteiger partial charge >= 0.3 is 0 Å². The average molecular weight is 282 g/mol. The van der Waals surface area contributed by atoms with Crippen LogP contribution in [0.4, 0.5) is 0 Å². The lowest BCUT2D eigenvalue weighted by Crippen LogP contribution is -2.41. The lowest BCUT2D eigenvalue weighted by molar-refractivity contribution is 0.0276. The Hall–Kier alpha value is -1.11. The van der Waals surface area contributed by atoms with Crippen LogP contribution in [-0.4, -0.2) is 54.6 Å². The minimum atomic E-state index is 0.163. The molecule has 0 saturated carbocycles. The predicted octanol–water partition coefficient (Wildman–Crippen LogP) is 0.848. The number of nitrogens with zero attached hydrogens (tertiary/aromatic N) is 3. The Morgan fingerprint density at radius 1 is 1.35 bits per heavy atom. The monoisotopic (exact) mass is 282 g/mol. The zero-order valence-electron chi connectivity index (χ0n) is 12.9. The number of likely N-dealkylation sites (tertiary alicyclic amines) is 1. The molecule has 0 radical (unpaired) electrons. The Morgan fingerprint density at radius 3 is 2.50 bits per heavy atom. The Bertz CT molecular complexity index is 439. The first-order chi connectivity index (χ1) is 9.62. The summed E-state index contributed by atoms with van der Waals surface area (Å²) in [5, 5.41) is 4.46. The number of piperidine rings is 1. The molecule has 0 bridgehead atoms. The fraction of sp³-hybridized carbons (Fsp3) is 0.786. The van der Waals surface area contributed by atoms with Gasteiger partial charge in [0.15, 0.2) is 0 Å². The van der Waals surface area contributed by atoms with Crippen molar-refractivity contribution in [2.45, 2.75) is 31.9 Å². The largest absolute Gasteiger partial charge is 0.481 e. The number of methoxy groups -OCH3 is 2. The molecule has 114 valence electrons. The average Bonchev–Trinajstić information content (AvgIpc) is 2.75. The summed E-state index contributed by atoms with van der Waals surface area (Å²) < 4.78 is 12.7. The molecule has 6 heteroatoms. The summed E-state index contributed by atoms with van der Waals surface area (Å²) in [5.74, 6) is 0.812. The zero-order valence-corrected chi connectivity index (χ0v) is 12.9. The first kappa shape index (κ1) is 15.3. The van der Waals surface area contributed by atoms with Gasteiger partial charge in [-0.2, -0.15) is 5.10 Å². The van der Waals surface area contributed by atoms with Crippen molar-refractivity contribution in [2.75, 3.05) is 33.9 Å². The summed E-state index contributed by atoms with van der Waals surface area (Å²) in [6.45, 7) is 4.58. The van der Waals surface area contributed by atoms with Gasteiger partial charge in [-0.25, -0.2) is 4.68 Å². The first-order valence-electron chi connectivity index (χ1n) is 7.16. The number of ether oxygens (including phenoxy) is 2. The van der Waals surface area contributed by atoms with Crippen LogP contribution < -0.4 is 10.5 Å². The van der Waals surface area contributed by atoms with E-state index in [1.54, 1.807) is 18.9 Å². The molecule has 1 aliphatic heterocycles. The second kappa shape index (κ2) is 6.56. The van der Waals surface area contributed by atoms with Crippen LogP contribution >= 0.6 is 0 Å². The molecule has 1 aliphatic rings. The topological polar surface area (TPSA) is 65.5 Å². The maximum Gasteiger partial charge on any atom is 0.216 e. The summed E-state index contributed by atoms with van der Waals surface area (Å²) in [6, 6.07) is 0.163. The van der Waals surface area contributed by atoms with Gasteiger partial charge in [0.05, 0.1) is 30.5 Å². The Labute approximate surface area is 120 Å². The second-order valence-electron chi connectivity index (χ2n) is 5.35. The summed E-state index contributed by atoms with van der Waals surface area (Å²) in [5.41, 5.74) is 8.15.